The Bertz CT molecular complexity index is 954. The number of hydrogen-bond donors (Lipinski definition) is 2. The zero-order valence-electron chi connectivity index (χ0n) is 14.4. The van der Waals surface area contributed by atoms with Gasteiger partial charge in [0.1, 0.15) is 5.69 Å². The van der Waals surface area contributed by atoms with Crippen LogP contribution in [0.3, 0.4) is 0 Å². The van der Waals surface area contributed by atoms with E-state index in [9.17, 15) is 4.79 Å². The van der Waals surface area contributed by atoms with E-state index < -0.39 is 0 Å². The molecule has 1 aliphatic heterocycles. The van der Waals surface area contributed by atoms with Gasteiger partial charge in [-0.25, -0.2) is 15.0 Å². The number of rotatable bonds is 4. The molecule has 0 atom stereocenters. The average Bonchev–Trinajstić information content (AvgIpc) is 2.69. The molecule has 4 rings (SSSR count). The monoisotopic (exact) mass is 349 g/mol. The second-order valence-electron chi connectivity index (χ2n) is 6.18. The number of nitrogens with one attached hydrogen (secondary N) is 2. The highest BCUT2D eigenvalue weighted by molar-refractivity contribution is 5.49. The van der Waals surface area contributed by atoms with E-state index in [4.69, 9.17) is 0 Å². The Kier molecular flexibility index (Phi) is 4.40. The van der Waals surface area contributed by atoms with Crippen LogP contribution < -0.4 is 10.9 Å². The molecule has 0 unspecified atom stereocenters. The Hall–Kier alpha value is -3.13. The molecule has 0 radical (unpaired) electrons. The van der Waals surface area contributed by atoms with Gasteiger partial charge < -0.3 is 10.3 Å². The van der Waals surface area contributed by atoms with Gasteiger partial charge in [0.25, 0.3) is 5.56 Å². The van der Waals surface area contributed by atoms with Crippen molar-refractivity contribution in [3.05, 3.63) is 64.0 Å². The Morgan fingerprint density at radius 3 is 2.81 bits per heavy atom. The lowest BCUT2D eigenvalue weighted by Gasteiger charge is -2.27. The number of aromatic amines is 1. The summed E-state index contributed by atoms with van der Waals surface area (Å²) in [4.78, 5) is 35.0. The van der Waals surface area contributed by atoms with Crippen molar-refractivity contribution in [2.45, 2.75) is 19.5 Å². The van der Waals surface area contributed by atoms with Gasteiger partial charge >= 0.3 is 0 Å². The van der Waals surface area contributed by atoms with Crippen LogP contribution in [0.1, 0.15) is 16.8 Å². The quantitative estimate of drug-likeness (QED) is 0.730. The van der Waals surface area contributed by atoms with Crippen LogP contribution in [0.15, 0.2) is 41.6 Å². The minimum atomic E-state index is -0.0952. The molecule has 0 bridgehead atoms. The zero-order valence-corrected chi connectivity index (χ0v) is 14.4. The SMILES string of the molecule is CNc1ncc(CN2CCc3nc(-c4ccccn4)[nH]c(=O)c3C2)cn1. The number of hydrogen-bond acceptors (Lipinski definition) is 7. The van der Waals surface area contributed by atoms with E-state index in [1.165, 1.54) is 0 Å². The first-order valence-corrected chi connectivity index (χ1v) is 8.47. The van der Waals surface area contributed by atoms with Gasteiger partial charge in [0.05, 0.1) is 11.3 Å². The van der Waals surface area contributed by atoms with E-state index in [-0.39, 0.29) is 5.56 Å². The van der Waals surface area contributed by atoms with Crippen LogP contribution in [-0.2, 0) is 19.5 Å². The summed E-state index contributed by atoms with van der Waals surface area (Å²) in [6.45, 7) is 2.09. The van der Waals surface area contributed by atoms with Gasteiger partial charge in [-0.05, 0) is 12.1 Å². The van der Waals surface area contributed by atoms with E-state index in [0.29, 0.717) is 30.6 Å². The molecule has 26 heavy (non-hydrogen) atoms. The van der Waals surface area contributed by atoms with Gasteiger partial charge in [0, 0.05) is 57.3 Å². The molecule has 3 aromatic rings. The topological polar surface area (TPSA) is 99.7 Å². The maximum Gasteiger partial charge on any atom is 0.255 e. The minimum absolute atomic E-state index is 0.0952. The van der Waals surface area contributed by atoms with Crippen LogP contribution in [-0.4, -0.2) is 43.4 Å². The van der Waals surface area contributed by atoms with E-state index in [1.54, 1.807) is 25.6 Å². The Morgan fingerprint density at radius 1 is 1.23 bits per heavy atom. The first-order chi connectivity index (χ1) is 12.7. The molecule has 3 aromatic heterocycles. The molecule has 0 spiro atoms. The molecular formula is C18H19N7O. The predicted molar refractivity (Wildman–Crippen MR) is 97.5 cm³/mol. The summed E-state index contributed by atoms with van der Waals surface area (Å²) in [6.07, 6.45) is 6.04. The van der Waals surface area contributed by atoms with Crippen LogP contribution >= 0.6 is 0 Å². The molecular weight excluding hydrogens is 330 g/mol. The predicted octanol–water partition coefficient (Wildman–Crippen LogP) is 1.22. The van der Waals surface area contributed by atoms with Crippen molar-refractivity contribution in [1.29, 1.82) is 0 Å². The van der Waals surface area contributed by atoms with Crippen LogP contribution in [0.5, 0.6) is 0 Å². The molecule has 2 N–H and O–H groups in total. The number of H-pyrrole nitrogens is 1. The van der Waals surface area contributed by atoms with Crippen molar-refractivity contribution in [3.8, 4) is 11.5 Å². The molecule has 0 saturated carbocycles. The Labute approximate surface area is 150 Å². The summed E-state index contributed by atoms with van der Waals surface area (Å²) >= 11 is 0. The highest BCUT2D eigenvalue weighted by Gasteiger charge is 2.22. The van der Waals surface area contributed by atoms with Gasteiger partial charge in [0.15, 0.2) is 5.82 Å². The summed E-state index contributed by atoms with van der Waals surface area (Å²) in [6, 6.07) is 5.56. The molecule has 8 heteroatoms. The van der Waals surface area contributed by atoms with Crippen molar-refractivity contribution >= 4 is 5.95 Å². The molecule has 0 aromatic carbocycles. The fourth-order valence-corrected chi connectivity index (χ4v) is 3.06. The highest BCUT2D eigenvalue weighted by atomic mass is 16.1. The van der Waals surface area contributed by atoms with Crippen molar-refractivity contribution in [1.82, 2.24) is 29.8 Å². The molecule has 4 heterocycles. The number of fused-ring (bicyclic) bond motifs is 1. The van der Waals surface area contributed by atoms with Gasteiger partial charge in [-0.2, -0.15) is 0 Å². The van der Waals surface area contributed by atoms with Crippen molar-refractivity contribution in [2.75, 3.05) is 18.9 Å². The maximum atomic E-state index is 12.6. The Morgan fingerprint density at radius 2 is 2.08 bits per heavy atom. The van der Waals surface area contributed by atoms with Crippen molar-refractivity contribution in [2.24, 2.45) is 0 Å². The van der Waals surface area contributed by atoms with E-state index in [1.807, 2.05) is 18.2 Å². The summed E-state index contributed by atoms with van der Waals surface area (Å²) < 4.78 is 0. The van der Waals surface area contributed by atoms with Crippen molar-refractivity contribution < 1.29 is 0 Å². The zero-order chi connectivity index (χ0) is 17.9. The third-order valence-corrected chi connectivity index (χ3v) is 4.39. The Balaban J connectivity index is 1.54. The average molecular weight is 349 g/mol. The van der Waals surface area contributed by atoms with Gasteiger partial charge in [-0.1, -0.05) is 6.07 Å². The highest BCUT2D eigenvalue weighted by Crippen LogP contribution is 2.18. The van der Waals surface area contributed by atoms with Gasteiger partial charge in [-0.15, -0.1) is 0 Å². The summed E-state index contributed by atoms with van der Waals surface area (Å²) in [5.41, 5.74) is 3.18. The van der Waals surface area contributed by atoms with Gasteiger partial charge in [-0.3, -0.25) is 14.7 Å². The van der Waals surface area contributed by atoms with Crippen LogP contribution in [0.2, 0.25) is 0 Å². The molecule has 0 saturated heterocycles. The first-order valence-electron chi connectivity index (χ1n) is 8.47. The maximum absolute atomic E-state index is 12.6. The normalized spacial score (nSPS) is 14.0. The molecule has 0 fully saturated rings. The summed E-state index contributed by atoms with van der Waals surface area (Å²) in [5, 5.41) is 2.90. The van der Waals surface area contributed by atoms with Gasteiger partial charge in [0.2, 0.25) is 5.95 Å². The second-order valence-corrected chi connectivity index (χ2v) is 6.18. The molecule has 0 aliphatic carbocycles. The fourth-order valence-electron chi connectivity index (χ4n) is 3.06. The summed E-state index contributed by atoms with van der Waals surface area (Å²) in [7, 11) is 1.79. The minimum Gasteiger partial charge on any atom is -0.357 e. The van der Waals surface area contributed by atoms with E-state index in [0.717, 1.165) is 29.8 Å². The smallest absolute Gasteiger partial charge is 0.255 e. The molecule has 1 aliphatic rings. The third kappa shape index (κ3) is 3.31. The third-order valence-electron chi connectivity index (χ3n) is 4.39. The lowest BCUT2D eigenvalue weighted by Crippen LogP contribution is -2.35. The van der Waals surface area contributed by atoms with Crippen LogP contribution in [0, 0.1) is 0 Å². The van der Waals surface area contributed by atoms with E-state index >= 15 is 0 Å². The molecule has 8 nitrogen and oxygen atoms in total. The summed E-state index contributed by atoms with van der Waals surface area (Å²) in [5.74, 6) is 1.12. The lowest BCUT2D eigenvalue weighted by atomic mass is 10.1. The number of aromatic nitrogens is 5. The molecule has 0 amide bonds. The number of anilines is 1. The second kappa shape index (κ2) is 7.01. The largest absolute Gasteiger partial charge is 0.357 e. The fraction of sp³-hybridized carbons (Fsp3) is 0.278. The van der Waals surface area contributed by atoms with E-state index in [2.05, 4.69) is 35.1 Å². The van der Waals surface area contributed by atoms with Crippen LogP contribution in [0.4, 0.5) is 5.95 Å². The first kappa shape index (κ1) is 16.3. The lowest BCUT2D eigenvalue weighted by molar-refractivity contribution is 0.241. The standard InChI is InChI=1S/C18H19N7O/c1-19-18-21-8-12(9-22-18)10-25-7-5-14-13(11-25)17(26)24-16(23-14)15-4-2-3-6-20-15/h2-4,6,8-9H,5,7,10-11H2,1H3,(H,19,21,22)(H,23,24,26). The number of pyridine rings is 1. The van der Waals surface area contributed by atoms with Crippen molar-refractivity contribution in [3.63, 3.8) is 0 Å². The van der Waals surface area contributed by atoms with Crippen LogP contribution in [0.25, 0.3) is 11.5 Å². The number of nitrogens with zero attached hydrogens (tertiary/aromatic N) is 5. The molecule has 132 valence electrons.